The Balaban J connectivity index is 2.32. The van der Waals surface area contributed by atoms with E-state index in [0.29, 0.717) is 6.54 Å². The molecule has 3 N–H and O–H groups in total. The van der Waals surface area contributed by atoms with Crippen LogP contribution < -0.4 is 10.5 Å². The fraction of sp³-hybridized carbons (Fsp3) is 0.154. The van der Waals surface area contributed by atoms with Gasteiger partial charge < -0.3 is 5.73 Å². The summed E-state index contributed by atoms with van der Waals surface area (Å²) in [6.45, 7) is 2.15. The molecule has 0 amide bonds. The predicted molar refractivity (Wildman–Crippen MR) is 81.8 cm³/mol. The van der Waals surface area contributed by atoms with E-state index < -0.39 is 10.0 Å². The molecule has 0 fully saturated rings. The molecule has 0 aliphatic rings. The number of halogens is 1. The number of nitrogens with one attached hydrogen (secondary N) is 1. The van der Waals surface area contributed by atoms with Crippen LogP contribution in [0, 0.1) is 6.92 Å². The smallest absolute Gasteiger partial charge is 0.263 e. The van der Waals surface area contributed by atoms with Crippen LogP contribution in [0.4, 0.5) is 5.82 Å². The molecule has 0 saturated carbocycles. The monoisotopic (exact) mass is 355 g/mol. The summed E-state index contributed by atoms with van der Waals surface area (Å²) in [6.07, 6.45) is 1.56. The van der Waals surface area contributed by atoms with Gasteiger partial charge in [0.2, 0.25) is 0 Å². The van der Waals surface area contributed by atoms with Crippen LogP contribution in [0.25, 0.3) is 0 Å². The Bertz CT molecular complexity index is 732. The number of anilines is 1. The summed E-state index contributed by atoms with van der Waals surface area (Å²) in [4.78, 5) is 4.20. The summed E-state index contributed by atoms with van der Waals surface area (Å²) in [5, 5.41) is 0. The minimum Gasteiger partial charge on any atom is -0.326 e. The van der Waals surface area contributed by atoms with E-state index in [1.165, 1.54) is 6.07 Å². The average molecular weight is 356 g/mol. The lowest BCUT2D eigenvalue weighted by Gasteiger charge is -2.09. The van der Waals surface area contributed by atoms with Crippen molar-refractivity contribution in [2.45, 2.75) is 18.4 Å². The lowest BCUT2D eigenvalue weighted by Crippen LogP contribution is -2.14. The third-order valence-electron chi connectivity index (χ3n) is 2.73. The van der Waals surface area contributed by atoms with Gasteiger partial charge in [-0.05, 0) is 52.2 Å². The molecule has 0 radical (unpaired) electrons. The lowest BCUT2D eigenvalue weighted by molar-refractivity contribution is 0.601. The van der Waals surface area contributed by atoms with E-state index in [1.54, 1.807) is 30.5 Å². The van der Waals surface area contributed by atoms with E-state index in [0.717, 1.165) is 15.6 Å². The predicted octanol–water partition coefficient (Wildman–Crippen LogP) is 2.41. The van der Waals surface area contributed by atoms with Gasteiger partial charge in [-0.15, -0.1) is 0 Å². The number of pyridine rings is 1. The second-order valence-corrected chi connectivity index (χ2v) is 6.81. The van der Waals surface area contributed by atoms with Gasteiger partial charge >= 0.3 is 0 Å². The number of aryl methyl sites for hydroxylation is 1. The molecule has 1 aromatic carbocycles. The topological polar surface area (TPSA) is 85.1 Å². The molecule has 5 nitrogen and oxygen atoms in total. The van der Waals surface area contributed by atoms with Crippen molar-refractivity contribution in [1.29, 1.82) is 0 Å². The Morgan fingerprint density at radius 3 is 2.75 bits per heavy atom. The fourth-order valence-electron chi connectivity index (χ4n) is 1.63. The maximum absolute atomic E-state index is 12.3. The number of sulfonamides is 1. The van der Waals surface area contributed by atoms with Crippen molar-refractivity contribution in [2.24, 2.45) is 5.73 Å². The second kappa shape index (κ2) is 5.90. The van der Waals surface area contributed by atoms with Crippen molar-refractivity contribution in [1.82, 2.24) is 4.98 Å². The van der Waals surface area contributed by atoms with Crippen LogP contribution in [0.3, 0.4) is 0 Å². The van der Waals surface area contributed by atoms with Crippen molar-refractivity contribution in [3.05, 3.63) is 52.1 Å². The maximum atomic E-state index is 12.3. The number of rotatable bonds is 4. The van der Waals surface area contributed by atoms with Gasteiger partial charge in [0.05, 0.1) is 4.90 Å². The minimum atomic E-state index is -3.66. The molecule has 0 spiro atoms. The van der Waals surface area contributed by atoms with E-state index in [4.69, 9.17) is 5.73 Å². The van der Waals surface area contributed by atoms with Crippen LogP contribution in [-0.4, -0.2) is 13.4 Å². The third kappa shape index (κ3) is 3.36. The Morgan fingerprint density at radius 2 is 2.10 bits per heavy atom. The highest BCUT2D eigenvalue weighted by Gasteiger charge is 2.15. The van der Waals surface area contributed by atoms with Gasteiger partial charge in [-0.25, -0.2) is 13.4 Å². The Hall–Kier alpha value is -1.44. The Morgan fingerprint density at radius 1 is 1.35 bits per heavy atom. The molecule has 0 unspecified atom stereocenters. The summed E-state index contributed by atoms with van der Waals surface area (Å²) in [6, 6.07) is 8.17. The fourth-order valence-corrected chi connectivity index (χ4v) is 2.92. The van der Waals surface area contributed by atoms with Crippen LogP contribution in [0.15, 0.2) is 45.9 Å². The van der Waals surface area contributed by atoms with E-state index in [-0.39, 0.29) is 10.7 Å². The van der Waals surface area contributed by atoms with E-state index in [9.17, 15) is 8.42 Å². The number of nitrogens with zero attached hydrogens (tertiary/aromatic N) is 1. The number of hydrogen-bond donors (Lipinski definition) is 2. The van der Waals surface area contributed by atoms with Gasteiger partial charge in [-0.2, -0.15) is 0 Å². The van der Waals surface area contributed by atoms with Gasteiger partial charge in [-0.3, -0.25) is 4.72 Å². The van der Waals surface area contributed by atoms with Gasteiger partial charge in [0.15, 0.2) is 0 Å². The summed E-state index contributed by atoms with van der Waals surface area (Å²) >= 11 is 3.32. The second-order valence-electron chi connectivity index (χ2n) is 4.28. The molecular formula is C13H14BrN3O2S. The number of aromatic nitrogens is 1. The van der Waals surface area contributed by atoms with Crippen molar-refractivity contribution in [3.63, 3.8) is 0 Å². The quantitative estimate of drug-likeness (QED) is 0.881. The number of hydrogen-bond acceptors (Lipinski definition) is 4. The zero-order valence-corrected chi connectivity index (χ0v) is 13.2. The summed E-state index contributed by atoms with van der Waals surface area (Å²) in [7, 11) is -3.66. The average Bonchev–Trinajstić information content (AvgIpc) is 2.43. The van der Waals surface area contributed by atoms with Crippen LogP contribution in [0.5, 0.6) is 0 Å². The number of benzene rings is 1. The van der Waals surface area contributed by atoms with Crippen molar-refractivity contribution in [2.75, 3.05) is 4.72 Å². The molecule has 0 aliphatic carbocycles. The third-order valence-corrected chi connectivity index (χ3v) is 4.91. The molecule has 7 heteroatoms. The van der Waals surface area contributed by atoms with Crippen LogP contribution in [0.1, 0.15) is 11.1 Å². The molecule has 2 rings (SSSR count). The standard InChI is InChI=1S/C13H14BrN3O2S/c1-9-5-13(16-8-12(9)14)17-20(18,19)11-4-2-3-10(6-11)7-15/h2-6,8H,7,15H2,1H3,(H,16,17). The summed E-state index contributed by atoms with van der Waals surface area (Å²) < 4.78 is 27.8. The zero-order valence-electron chi connectivity index (χ0n) is 10.8. The normalized spacial score (nSPS) is 11.3. The van der Waals surface area contributed by atoms with Gasteiger partial charge in [0.1, 0.15) is 5.82 Å². The van der Waals surface area contributed by atoms with Crippen LogP contribution in [-0.2, 0) is 16.6 Å². The van der Waals surface area contributed by atoms with Crippen LogP contribution >= 0.6 is 15.9 Å². The first-order valence-electron chi connectivity index (χ1n) is 5.86. The molecular weight excluding hydrogens is 342 g/mol. The van der Waals surface area contributed by atoms with Crippen LogP contribution in [0.2, 0.25) is 0 Å². The first kappa shape index (κ1) is 15.0. The SMILES string of the molecule is Cc1cc(NS(=O)(=O)c2cccc(CN)c2)ncc1Br. The lowest BCUT2D eigenvalue weighted by atomic mass is 10.2. The highest BCUT2D eigenvalue weighted by molar-refractivity contribution is 9.10. The van der Waals surface area contributed by atoms with Gasteiger partial charge in [0, 0.05) is 17.2 Å². The van der Waals surface area contributed by atoms with E-state index in [2.05, 4.69) is 25.6 Å². The summed E-state index contributed by atoms with van der Waals surface area (Å²) in [5.74, 6) is 0.281. The van der Waals surface area contributed by atoms with Gasteiger partial charge in [-0.1, -0.05) is 12.1 Å². The summed E-state index contributed by atoms with van der Waals surface area (Å²) in [5.41, 5.74) is 7.17. The van der Waals surface area contributed by atoms with Gasteiger partial charge in [0.25, 0.3) is 10.0 Å². The van der Waals surface area contributed by atoms with Crippen molar-refractivity contribution < 1.29 is 8.42 Å². The molecule has 0 bridgehead atoms. The first-order valence-corrected chi connectivity index (χ1v) is 8.14. The molecule has 20 heavy (non-hydrogen) atoms. The highest BCUT2D eigenvalue weighted by Crippen LogP contribution is 2.20. The molecule has 1 heterocycles. The largest absolute Gasteiger partial charge is 0.326 e. The number of nitrogens with two attached hydrogens (primary N) is 1. The Labute approximate surface area is 126 Å². The van der Waals surface area contributed by atoms with Crippen molar-refractivity contribution >= 4 is 31.8 Å². The molecule has 0 aliphatic heterocycles. The van der Waals surface area contributed by atoms with E-state index in [1.807, 2.05) is 6.92 Å². The molecule has 106 valence electrons. The molecule has 0 saturated heterocycles. The minimum absolute atomic E-state index is 0.169. The highest BCUT2D eigenvalue weighted by atomic mass is 79.9. The Kier molecular flexibility index (Phi) is 4.42. The maximum Gasteiger partial charge on any atom is 0.263 e. The zero-order chi connectivity index (χ0) is 14.8. The van der Waals surface area contributed by atoms with Crippen molar-refractivity contribution in [3.8, 4) is 0 Å². The molecule has 2 aromatic rings. The molecule has 0 atom stereocenters. The first-order chi connectivity index (χ1) is 9.42. The molecule has 1 aromatic heterocycles. The van der Waals surface area contributed by atoms with E-state index >= 15 is 0 Å².